The monoisotopic (exact) mass is 311 g/mol. The van der Waals surface area contributed by atoms with Crippen molar-refractivity contribution in [2.75, 3.05) is 0 Å². The van der Waals surface area contributed by atoms with Gasteiger partial charge in [-0.3, -0.25) is 14.5 Å². The fourth-order valence-electron chi connectivity index (χ4n) is 2.39. The third-order valence-electron chi connectivity index (χ3n) is 3.33. The lowest BCUT2D eigenvalue weighted by Crippen LogP contribution is -2.37. The fraction of sp³-hybridized carbons (Fsp3) is 0.692. The molecule has 0 radical (unpaired) electrons. The number of hydrogen-bond donors (Lipinski definition) is 1. The largest absolute Gasteiger partial charge is 0.324 e. The second kappa shape index (κ2) is 6.57. The number of rotatable bonds is 6. The Morgan fingerprint density at radius 3 is 2.62 bits per heavy atom. The van der Waals surface area contributed by atoms with Gasteiger partial charge in [0.05, 0.1) is 6.54 Å². The van der Waals surface area contributed by atoms with Gasteiger partial charge in [0.15, 0.2) is 5.16 Å². The summed E-state index contributed by atoms with van der Waals surface area (Å²) in [4.78, 5) is 25.6. The average Bonchev–Trinajstić information content (AvgIpc) is 2.92. The van der Waals surface area contributed by atoms with E-state index in [9.17, 15) is 9.59 Å². The van der Waals surface area contributed by atoms with Crippen LogP contribution in [0, 0.1) is 0 Å². The Hall–Kier alpha value is -1.41. The van der Waals surface area contributed by atoms with Gasteiger partial charge in [0.25, 0.3) is 0 Å². The van der Waals surface area contributed by atoms with Crippen LogP contribution in [0.5, 0.6) is 0 Å². The highest BCUT2D eigenvalue weighted by atomic mass is 32.2. The predicted octanol–water partition coefficient (Wildman–Crippen LogP) is 0.775. The van der Waals surface area contributed by atoms with E-state index in [0.29, 0.717) is 17.5 Å². The Kier molecular flexibility index (Phi) is 5.00. The Labute approximate surface area is 128 Å². The first-order valence-electron chi connectivity index (χ1n) is 7.14. The van der Waals surface area contributed by atoms with Crippen molar-refractivity contribution in [2.24, 2.45) is 5.73 Å². The van der Waals surface area contributed by atoms with E-state index in [2.05, 4.69) is 17.1 Å². The molecule has 1 aromatic heterocycles. The van der Waals surface area contributed by atoms with Crippen LogP contribution in [-0.2, 0) is 22.7 Å². The molecule has 2 heterocycles. The molecule has 0 aromatic carbocycles. The zero-order valence-corrected chi connectivity index (χ0v) is 13.4. The molecule has 0 saturated carbocycles. The zero-order chi connectivity index (χ0) is 15.6. The smallest absolute Gasteiger partial charge is 0.243 e. The van der Waals surface area contributed by atoms with Crippen molar-refractivity contribution < 1.29 is 9.59 Å². The van der Waals surface area contributed by atoms with Crippen LogP contribution >= 0.6 is 11.8 Å². The summed E-state index contributed by atoms with van der Waals surface area (Å²) < 4.78 is 1.93. The van der Waals surface area contributed by atoms with Crippen molar-refractivity contribution in [3.05, 3.63) is 5.82 Å². The topological polar surface area (TPSA) is 94.1 Å². The van der Waals surface area contributed by atoms with E-state index >= 15 is 0 Å². The second-order valence-electron chi connectivity index (χ2n) is 5.26. The van der Waals surface area contributed by atoms with E-state index in [1.165, 1.54) is 16.7 Å². The molecule has 1 saturated heterocycles. The van der Waals surface area contributed by atoms with Gasteiger partial charge in [0.1, 0.15) is 11.1 Å². The van der Waals surface area contributed by atoms with E-state index in [1.807, 2.05) is 18.4 Å². The summed E-state index contributed by atoms with van der Waals surface area (Å²) in [5, 5.41) is 8.41. The van der Waals surface area contributed by atoms with Gasteiger partial charge in [-0.25, -0.2) is 0 Å². The zero-order valence-electron chi connectivity index (χ0n) is 12.6. The number of amides is 2. The lowest BCUT2D eigenvalue weighted by Gasteiger charge is -2.18. The fourth-order valence-corrected chi connectivity index (χ4v) is 3.50. The molecule has 1 atom stereocenters. The highest BCUT2D eigenvalue weighted by molar-refractivity contribution is 8.00. The quantitative estimate of drug-likeness (QED) is 0.780. The number of carbonyl (C=O) groups is 2. The van der Waals surface area contributed by atoms with Gasteiger partial charge >= 0.3 is 0 Å². The van der Waals surface area contributed by atoms with Gasteiger partial charge < -0.3 is 10.3 Å². The molecule has 2 rings (SSSR count). The molecular formula is C13H21N5O2S. The summed E-state index contributed by atoms with van der Waals surface area (Å²) in [6.45, 7) is 6.80. The van der Waals surface area contributed by atoms with Crippen LogP contribution in [0.2, 0.25) is 0 Å². The molecule has 1 aromatic rings. The van der Waals surface area contributed by atoms with Crippen LogP contribution in [0.1, 0.15) is 39.4 Å². The highest BCUT2D eigenvalue weighted by Crippen LogP contribution is 2.31. The van der Waals surface area contributed by atoms with Crippen LogP contribution in [0.3, 0.4) is 0 Å². The van der Waals surface area contributed by atoms with E-state index in [1.54, 1.807) is 0 Å². The van der Waals surface area contributed by atoms with Crippen molar-refractivity contribution in [1.82, 2.24) is 19.7 Å². The predicted molar refractivity (Wildman–Crippen MR) is 79.5 cm³/mol. The van der Waals surface area contributed by atoms with Crippen molar-refractivity contribution in [3.63, 3.8) is 0 Å². The van der Waals surface area contributed by atoms with Gasteiger partial charge in [-0.1, -0.05) is 18.7 Å². The Balaban J connectivity index is 2.18. The van der Waals surface area contributed by atoms with E-state index in [4.69, 9.17) is 5.73 Å². The van der Waals surface area contributed by atoms with E-state index < -0.39 is 5.25 Å². The van der Waals surface area contributed by atoms with Crippen molar-refractivity contribution in [2.45, 2.75) is 63.2 Å². The lowest BCUT2D eigenvalue weighted by molar-refractivity contribution is -0.140. The summed E-state index contributed by atoms with van der Waals surface area (Å²) in [5.41, 5.74) is 5.65. The Morgan fingerprint density at radius 2 is 2.10 bits per heavy atom. The molecule has 1 unspecified atom stereocenters. The van der Waals surface area contributed by atoms with Gasteiger partial charge in [-0.05, 0) is 20.3 Å². The summed E-state index contributed by atoms with van der Waals surface area (Å²) in [7, 11) is 0. The van der Waals surface area contributed by atoms with Crippen molar-refractivity contribution >= 4 is 23.6 Å². The molecule has 8 heteroatoms. The Morgan fingerprint density at radius 1 is 1.38 bits per heavy atom. The Bertz CT molecular complexity index is 543. The van der Waals surface area contributed by atoms with Crippen LogP contribution < -0.4 is 5.73 Å². The molecular weight excluding hydrogens is 290 g/mol. The molecule has 0 bridgehead atoms. The standard InChI is InChI=1S/C13H21N5O2S/c1-4-5-17-10(7-14)15-16-13(17)21-9-6-11(19)18(8(2)3)12(9)20/h8-9H,4-7,14H2,1-3H3. The number of carbonyl (C=O) groups excluding carboxylic acids is 2. The molecule has 2 amide bonds. The maximum absolute atomic E-state index is 12.3. The number of imide groups is 1. The van der Waals surface area contributed by atoms with Gasteiger partial charge in [0.2, 0.25) is 11.8 Å². The van der Waals surface area contributed by atoms with Crippen molar-refractivity contribution in [1.29, 1.82) is 0 Å². The second-order valence-corrected chi connectivity index (χ2v) is 6.43. The van der Waals surface area contributed by atoms with Crippen LogP contribution in [0.25, 0.3) is 0 Å². The first kappa shape index (κ1) is 16.0. The maximum Gasteiger partial charge on any atom is 0.243 e. The summed E-state index contributed by atoms with van der Waals surface area (Å²) in [6.07, 6.45) is 1.15. The minimum Gasteiger partial charge on any atom is -0.324 e. The number of thioether (sulfide) groups is 1. The van der Waals surface area contributed by atoms with Crippen molar-refractivity contribution in [3.8, 4) is 0 Å². The molecule has 1 fully saturated rings. The third-order valence-corrected chi connectivity index (χ3v) is 4.49. The summed E-state index contributed by atoms with van der Waals surface area (Å²) in [6, 6.07) is -0.108. The van der Waals surface area contributed by atoms with Crippen LogP contribution in [-0.4, -0.2) is 42.8 Å². The number of aromatic nitrogens is 3. The molecule has 0 aliphatic carbocycles. The highest BCUT2D eigenvalue weighted by Gasteiger charge is 2.41. The van der Waals surface area contributed by atoms with Crippen LogP contribution in [0.4, 0.5) is 0 Å². The molecule has 2 N–H and O–H groups in total. The summed E-state index contributed by atoms with van der Waals surface area (Å²) in [5.74, 6) is 0.449. The summed E-state index contributed by atoms with van der Waals surface area (Å²) >= 11 is 1.31. The van der Waals surface area contributed by atoms with E-state index in [-0.39, 0.29) is 24.3 Å². The maximum atomic E-state index is 12.3. The molecule has 1 aliphatic heterocycles. The first-order chi connectivity index (χ1) is 9.99. The SMILES string of the molecule is CCCn1c(CN)nnc1SC1CC(=O)N(C(C)C)C1=O. The average molecular weight is 311 g/mol. The van der Waals surface area contributed by atoms with Crippen LogP contribution in [0.15, 0.2) is 5.16 Å². The number of hydrogen-bond acceptors (Lipinski definition) is 6. The van der Waals surface area contributed by atoms with Gasteiger partial charge in [-0.15, -0.1) is 10.2 Å². The molecule has 116 valence electrons. The van der Waals surface area contributed by atoms with E-state index in [0.717, 1.165) is 13.0 Å². The molecule has 0 spiro atoms. The number of nitrogens with zero attached hydrogens (tertiary/aromatic N) is 4. The normalized spacial score (nSPS) is 19.1. The molecule has 21 heavy (non-hydrogen) atoms. The molecule has 1 aliphatic rings. The lowest BCUT2D eigenvalue weighted by atomic mass is 10.3. The third kappa shape index (κ3) is 3.11. The minimum atomic E-state index is -0.412. The van der Waals surface area contributed by atoms with Gasteiger partial charge in [0, 0.05) is 19.0 Å². The van der Waals surface area contributed by atoms with Gasteiger partial charge in [-0.2, -0.15) is 0 Å². The number of likely N-dealkylation sites (tertiary alicyclic amines) is 1. The number of nitrogens with two attached hydrogens (primary N) is 1. The molecule has 7 nitrogen and oxygen atoms in total. The minimum absolute atomic E-state index is 0.108. The first-order valence-corrected chi connectivity index (χ1v) is 8.02.